The molecule has 0 radical (unpaired) electrons. The number of nitrogens with one attached hydrogen (secondary N) is 1. The van der Waals surface area contributed by atoms with Gasteiger partial charge in [-0.2, -0.15) is 9.97 Å². The molecule has 0 unspecified atom stereocenters. The second-order valence-corrected chi connectivity index (χ2v) is 4.44. The van der Waals surface area contributed by atoms with Crippen molar-refractivity contribution in [3.8, 4) is 0 Å². The molecule has 2 aromatic heterocycles. The van der Waals surface area contributed by atoms with E-state index in [9.17, 15) is 0 Å². The number of rotatable bonds is 4. The largest absolute Gasteiger partial charge is 0.367 e. The first kappa shape index (κ1) is 12.1. The van der Waals surface area contributed by atoms with E-state index in [1.807, 2.05) is 25.7 Å². The Labute approximate surface area is 105 Å². The Morgan fingerprint density at radius 2 is 2.18 bits per heavy atom. The summed E-state index contributed by atoms with van der Waals surface area (Å²) in [5.41, 5.74) is 1.48. The first-order valence-electron chi connectivity index (χ1n) is 5.31. The summed E-state index contributed by atoms with van der Waals surface area (Å²) < 4.78 is 1.88. The quantitative estimate of drug-likeness (QED) is 0.825. The Morgan fingerprint density at radius 1 is 1.41 bits per heavy atom. The van der Waals surface area contributed by atoms with Gasteiger partial charge in [0.15, 0.2) is 11.5 Å². The van der Waals surface area contributed by atoms with Crippen molar-refractivity contribution in [3.05, 3.63) is 11.6 Å². The molecule has 6 nitrogen and oxygen atoms in total. The lowest BCUT2D eigenvalue weighted by Gasteiger charge is -2.11. The van der Waals surface area contributed by atoms with E-state index >= 15 is 0 Å². The van der Waals surface area contributed by atoms with Gasteiger partial charge in [-0.3, -0.25) is 0 Å². The van der Waals surface area contributed by atoms with E-state index in [0.717, 1.165) is 24.4 Å². The smallest absolute Gasteiger partial charge is 0.226 e. The number of anilines is 1. The highest BCUT2D eigenvalue weighted by Gasteiger charge is 2.10. The molecule has 0 spiro atoms. The molecule has 2 heterocycles. The number of fused-ring (bicyclic) bond motifs is 1. The molecule has 0 bridgehead atoms. The van der Waals surface area contributed by atoms with E-state index < -0.39 is 0 Å². The molecule has 0 aliphatic rings. The molecule has 2 aromatic rings. The Balaban J connectivity index is 2.28. The summed E-state index contributed by atoms with van der Waals surface area (Å²) >= 11 is 5.85. The van der Waals surface area contributed by atoms with E-state index in [1.165, 1.54) is 0 Å². The lowest BCUT2D eigenvalue weighted by Crippen LogP contribution is -2.21. The van der Waals surface area contributed by atoms with Gasteiger partial charge in [0.25, 0.3) is 0 Å². The molecule has 17 heavy (non-hydrogen) atoms. The van der Waals surface area contributed by atoms with Crippen LogP contribution in [0.3, 0.4) is 0 Å². The fourth-order valence-electron chi connectivity index (χ4n) is 1.55. The molecule has 0 saturated heterocycles. The standard InChI is InChI=1S/C10H15ClN6/c1-16(2)5-4-12-8-7-9(13-6-17(7)3)15-10(11)14-8/h6H,4-5H2,1-3H3,(H,12,14,15). The van der Waals surface area contributed by atoms with Gasteiger partial charge in [0.05, 0.1) is 6.33 Å². The highest BCUT2D eigenvalue weighted by atomic mass is 35.5. The van der Waals surface area contributed by atoms with Gasteiger partial charge in [0.2, 0.25) is 5.28 Å². The van der Waals surface area contributed by atoms with Crippen molar-refractivity contribution in [2.24, 2.45) is 7.05 Å². The van der Waals surface area contributed by atoms with E-state index in [4.69, 9.17) is 11.6 Å². The molecular weight excluding hydrogens is 240 g/mol. The van der Waals surface area contributed by atoms with Crippen LogP contribution in [0.5, 0.6) is 0 Å². The van der Waals surface area contributed by atoms with Crippen molar-refractivity contribution >= 4 is 28.6 Å². The van der Waals surface area contributed by atoms with Gasteiger partial charge in [-0.1, -0.05) is 0 Å². The molecule has 7 heteroatoms. The molecule has 0 fully saturated rings. The number of halogens is 1. The number of nitrogens with zero attached hydrogens (tertiary/aromatic N) is 5. The maximum absolute atomic E-state index is 5.85. The highest BCUT2D eigenvalue weighted by molar-refractivity contribution is 6.28. The monoisotopic (exact) mass is 254 g/mol. The molecule has 2 rings (SSSR count). The molecular formula is C10H15ClN6. The summed E-state index contributed by atoms with van der Waals surface area (Å²) in [6.07, 6.45) is 1.70. The van der Waals surface area contributed by atoms with Crippen LogP contribution in [0.1, 0.15) is 0 Å². The van der Waals surface area contributed by atoms with Crippen LogP contribution in [0.4, 0.5) is 5.82 Å². The summed E-state index contributed by atoms with van der Waals surface area (Å²) in [5.74, 6) is 0.724. The third kappa shape index (κ3) is 2.65. The van der Waals surface area contributed by atoms with Crippen molar-refractivity contribution in [1.82, 2.24) is 24.4 Å². The van der Waals surface area contributed by atoms with Crippen LogP contribution in [0.2, 0.25) is 5.28 Å². The van der Waals surface area contributed by atoms with E-state index in [2.05, 4.69) is 25.2 Å². The second-order valence-electron chi connectivity index (χ2n) is 4.10. The minimum atomic E-state index is 0.212. The first-order chi connectivity index (χ1) is 8.08. The van der Waals surface area contributed by atoms with Crippen LogP contribution in [0.15, 0.2) is 6.33 Å². The van der Waals surface area contributed by atoms with E-state index in [1.54, 1.807) is 6.33 Å². The van der Waals surface area contributed by atoms with Crippen molar-refractivity contribution in [2.45, 2.75) is 0 Å². The molecule has 0 aliphatic heterocycles. The predicted molar refractivity (Wildman–Crippen MR) is 68.4 cm³/mol. The maximum Gasteiger partial charge on any atom is 0.226 e. The van der Waals surface area contributed by atoms with Crippen molar-refractivity contribution in [2.75, 3.05) is 32.5 Å². The zero-order valence-electron chi connectivity index (χ0n) is 10.1. The zero-order chi connectivity index (χ0) is 12.4. The SMILES string of the molecule is CN(C)CCNc1nc(Cl)nc2ncn(C)c12. The Morgan fingerprint density at radius 3 is 2.88 bits per heavy atom. The summed E-state index contributed by atoms with van der Waals surface area (Å²) in [6.45, 7) is 1.71. The Hall–Kier alpha value is -1.40. The number of aryl methyl sites for hydroxylation is 1. The lowest BCUT2D eigenvalue weighted by atomic mass is 10.4. The van der Waals surface area contributed by atoms with Crippen LogP contribution >= 0.6 is 11.6 Å². The van der Waals surface area contributed by atoms with Crippen LogP contribution in [0.25, 0.3) is 11.2 Å². The summed E-state index contributed by atoms with van der Waals surface area (Å²) in [4.78, 5) is 14.5. The minimum Gasteiger partial charge on any atom is -0.367 e. The van der Waals surface area contributed by atoms with Gasteiger partial charge < -0.3 is 14.8 Å². The van der Waals surface area contributed by atoms with Gasteiger partial charge in [0.1, 0.15) is 5.52 Å². The number of imidazole rings is 1. The van der Waals surface area contributed by atoms with Gasteiger partial charge in [-0.05, 0) is 25.7 Å². The van der Waals surface area contributed by atoms with Crippen molar-refractivity contribution < 1.29 is 0 Å². The Bertz CT molecular complexity index is 521. The van der Waals surface area contributed by atoms with Crippen LogP contribution < -0.4 is 5.32 Å². The van der Waals surface area contributed by atoms with E-state index in [0.29, 0.717) is 5.65 Å². The maximum atomic E-state index is 5.85. The second kappa shape index (κ2) is 4.85. The zero-order valence-corrected chi connectivity index (χ0v) is 10.9. The van der Waals surface area contributed by atoms with E-state index in [-0.39, 0.29) is 5.28 Å². The van der Waals surface area contributed by atoms with Crippen molar-refractivity contribution in [3.63, 3.8) is 0 Å². The normalized spacial score (nSPS) is 11.4. The minimum absolute atomic E-state index is 0.212. The summed E-state index contributed by atoms with van der Waals surface area (Å²) in [5, 5.41) is 3.46. The number of hydrogen-bond acceptors (Lipinski definition) is 5. The summed E-state index contributed by atoms with van der Waals surface area (Å²) in [7, 11) is 5.95. The highest BCUT2D eigenvalue weighted by Crippen LogP contribution is 2.20. The molecule has 0 saturated carbocycles. The predicted octanol–water partition coefficient (Wildman–Crippen LogP) is 0.990. The molecule has 0 aliphatic carbocycles. The first-order valence-corrected chi connectivity index (χ1v) is 5.69. The van der Waals surface area contributed by atoms with Gasteiger partial charge >= 0.3 is 0 Å². The summed E-state index contributed by atoms with van der Waals surface area (Å²) in [6, 6.07) is 0. The van der Waals surface area contributed by atoms with Crippen LogP contribution in [-0.4, -0.2) is 51.6 Å². The topological polar surface area (TPSA) is 58.9 Å². The van der Waals surface area contributed by atoms with Gasteiger partial charge in [-0.15, -0.1) is 0 Å². The van der Waals surface area contributed by atoms with Crippen molar-refractivity contribution in [1.29, 1.82) is 0 Å². The fraction of sp³-hybridized carbons (Fsp3) is 0.500. The van der Waals surface area contributed by atoms with Gasteiger partial charge in [0, 0.05) is 20.1 Å². The third-order valence-corrected chi connectivity index (χ3v) is 2.56. The number of likely N-dealkylation sites (N-methyl/N-ethyl adjacent to an activating group) is 1. The van der Waals surface area contributed by atoms with Crippen LogP contribution in [-0.2, 0) is 7.05 Å². The average molecular weight is 255 g/mol. The van der Waals surface area contributed by atoms with Crippen LogP contribution in [0, 0.1) is 0 Å². The molecule has 0 aromatic carbocycles. The molecule has 1 N–H and O–H groups in total. The molecule has 0 amide bonds. The number of hydrogen-bond donors (Lipinski definition) is 1. The van der Waals surface area contributed by atoms with Gasteiger partial charge in [-0.25, -0.2) is 4.98 Å². The third-order valence-electron chi connectivity index (χ3n) is 2.40. The molecule has 0 atom stereocenters. The number of aromatic nitrogens is 4. The fourth-order valence-corrected chi connectivity index (χ4v) is 1.72. The lowest BCUT2D eigenvalue weighted by molar-refractivity contribution is 0.425. The molecule has 92 valence electrons. The Kier molecular flexibility index (Phi) is 3.44. The average Bonchev–Trinajstić information content (AvgIpc) is 2.59.